The van der Waals surface area contributed by atoms with Crippen molar-refractivity contribution in [1.82, 2.24) is 4.57 Å². The summed E-state index contributed by atoms with van der Waals surface area (Å²) in [4.78, 5) is 28.2. The highest BCUT2D eigenvalue weighted by molar-refractivity contribution is 6.31. The van der Waals surface area contributed by atoms with Gasteiger partial charge in [-0.15, -0.1) is 0 Å². The second-order valence-corrected chi connectivity index (χ2v) is 9.39. The molecule has 0 bridgehead atoms. The minimum absolute atomic E-state index is 0.135. The molecule has 0 fully saturated rings. The van der Waals surface area contributed by atoms with Crippen LogP contribution in [0.2, 0.25) is 0 Å². The molecule has 0 saturated heterocycles. The molecule has 4 heteroatoms. The third-order valence-electron chi connectivity index (χ3n) is 7.01. The Morgan fingerprint density at radius 3 is 1.89 bits per heavy atom. The van der Waals surface area contributed by atoms with Gasteiger partial charge in [-0.05, 0) is 47.4 Å². The first-order valence-corrected chi connectivity index (χ1v) is 12.6. The maximum atomic E-state index is 14.1. The van der Waals surface area contributed by atoms with Gasteiger partial charge in [0.25, 0.3) is 0 Å². The molecule has 4 aromatic carbocycles. The topological polar surface area (TPSA) is 65.1 Å². The number of carbonyl (C=O) groups excluding carboxylic acids is 2. The lowest BCUT2D eigenvalue weighted by atomic mass is 9.84. The molecule has 1 heterocycles. The van der Waals surface area contributed by atoms with Crippen molar-refractivity contribution in [2.45, 2.75) is 19.8 Å². The summed E-state index contributed by atoms with van der Waals surface area (Å²) in [7, 11) is 0. The monoisotopic (exact) mass is 482 g/mol. The van der Waals surface area contributed by atoms with Crippen molar-refractivity contribution in [3.63, 3.8) is 0 Å². The number of ketones is 2. The molecule has 2 N–H and O–H groups in total. The fourth-order valence-corrected chi connectivity index (χ4v) is 5.31. The van der Waals surface area contributed by atoms with Crippen molar-refractivity contribution < 1.29 is 9.59 Å². The van der Waals surface area contributed by atoms with Gasteiger partial charge in [0.1, 0.15) is 5.69 Å². The summed E-state index contributed by atoms with van der Waals surface area (Å²) in [5, 5.41) is 0. The zero-order valence-electron chi connectivity index (χ0n) is 20.6. The summed E-state index contributed by atoms with van der Waals surface area (Å²) >= 11 is 0. The van der Waals surface area contributed by atoms with E-state index in [1.807, 2.05) is 65.2 Å². The standard InChI is InChI=1S/C33H26N2O2/c1-2-8-21-13-15-22(16-14-21)28-29-31(33(37)27-12-7-6-11-26(27)32(29)36)35(25-19-17-24(34)18-20-25)30(28)23-9-4-3-5-10-23/h3-7,9-20H,2,8,34H2,1H3. The quantitative estimate of drug-likeness (QED) is 0.266. The van der Waals surface area contributed by atoms with Crippen LogP contribution in [0.3, 0.4) is 0 Å². The van der Waals surface area contributed by atoms with E-state index in [4.69, 9.17) is 5.73 Å². The number of rotatable bonds is 5. The van der Waals surface area contributed by atoms with E-state index in [-0.39, 0.29) is 11.6 Å². The molecule has 0 saturated carbocycles. The number of hydrogen-bond acceptors (Lipinski definition) is 3. The van der Waals surface area contributed by atoms with Crippen LogP contribution in [0.15, 0.2) is 103 Å². The molecule has 0 radical (unpaired) electrons. The first kappa shape index (κ1) is 22.7. The van der Waals surface area contributed by atoms with Crippen molar-refractivity contribution in [1.29, 1.82) is 0 Å². The molecule has 1 aromatic heterocycles. The van der Waals surface area contributed by atoms with Crippen molar-refractivity contribution in [2.24, 2.45) is 0 Å². The SMILES string of the molecule is CCCc1ccc(-c2c3c(n(-c4ccc(N)cc4)c2-c2ccccc2)C(=O)c2ccccc2C3=O)cc1. The van der Waals surface area contributed by atoms with Gasteiger partial charge in [0, 0.05) is 28.1 Å². The maximum Gasteiger partial charge on any atom is 0.211 e. The van der Waals surface area contributed by atoms with Crippen LogP contribution >= 0.6 is 0 Å². The molecule has 5 aromatic rings. The third kappa shape index (κ3) is 3.69. The number of fused-ring (bicyclic) bond motifs is 2. The van der Waals surface area contributed by atoms with Crippen LogP contribution in [0.5, 0.6) is 0 Å². The van der Waals surface area contributed by atoms with Crippen molar-refractivity contribution in [3.8, 4) is 28.1 Å². The van der Waals surface area contributed by atoms with Crippen LogP contribution in [0.1, 0.15) is 50.9 Å². The Kier molecular flexibility index (Phi) is 5.57. The summed E-state index contributed by atoms with van der Waals surface area (Å²) in [6.45, 7) is 2.16. The van der Waals surface area contributed by atoms with E-state index < -0.39 is 0 Å². The van der Waals surface area contributed by atoms with E-state index in [9.17, 15) is 9.59 Å². The summed E-state index contributed by atoms with van der Waals surface area (Å²) in [5.41, 5.74) is 13.8. The van der Waals surface area contributed by atoms with E-state index in [0.29, 0.717) is 28.1 Å². The molecule has 6 rings (SSSR count). The maximum absolute atomic E-state index is 14.1. The van der Waals surface area contributed by atoms with E-state index in [1.165, 1.54) is 5.56 Å². The van der Waals surface area contributed by atoms with Gasteiger partial charge in [-0.3, -0.25) is 9.59 Å². The first-order chi connectivity index (χ1) is 18.1. The van der Waals surface area contributed by atoms with E-state index in [0.717, 1.165) is 40.9 Å². The number of carbonyl (C=O) groups is 2. The van der Waals surface area contributed by atoms with Gasteiger partial charge in [0.05, 0.1) is 11.3 Å². The molecule has 37 heavy (non-hydrogen) atoms. The fourth-order valence-electron chi connectivity index (χ4n) is 5.31. The van der Waals surface area contributed by atoms with Crippen LogP contribution in [-0.2, 0) is 6.42 Å². The van der Waals surface area contributed by atoms with Crippen molar-refractivity contribution >= 4 is 17.3 Å². The second kappa shape index (κ2) is 9.07. The second-order valence-electron chi connectivity index (χ2n) is 9.39. The lowest BCUT2D eigenvalue weighted by Gasteiger charge is -2.18. The predicted molar refractivity (Wildman–Crippen MR) is 148 cm³/mol. The molecule has 0 amide bonds. The Morgan fingerprint density at radius 2 is 1.24 bits per heavy atom. The minimum atomic E-state index is -0.159. The number of anilines is 1. The van der Waals surface area contributed by atoms with Crippen LogP contribution in [0.4, 0.5) is 5.69 Å². The number of hydrogen-bond donors (Lipinski definition) is 1. The third-order valence-corrected chi connectivity index (χ3v) is 7.01. The Hall–Kier alpha value is -4.70. The number of nitrogens with two attached hydrogens (primary N) is 1. The molecule has 180 valence electrons. The van der Waals surface area contributed by atoms with E-state index >= 15 is 0 Å². The molecular formula is C33H26N2O2. The molecule has 4 nitrogen and oxygen atoms in total. The highest BCUT2D eigenvalue weighted by Gasteiger charge is 2.38. The van der Waals surface area contributed by atoms with Crippen LogP contribution < -0.4 is 5.73 Å². The Labute approximate surface area is 216 Å². The van der Waals surface area contributed by atoms with Gasteiger partial charge in [0.2, 0.25) is 5.78 Å². The van der Waals surface area contributed by atoms with Gasteiger partial charge in [-0.1, -0.05) is 92.2 Å². The van der Waals surface area contributed by atoms with E-state index in [1.54, 1.807) is 18.2 Å². The molecule has 0 aliphatic heterocycles. The average Bonchev–Trinajstić information content (AvgIpc) is 3.30. The number of benzene rings is 4. The lowest BCUT2D eigenvalue weighted by Crippen LogP contribution is -2.22. The predicted octanol–water partition coefficient (Wildman–Crippen LogP) is 7.12. The van der Waals surface area contributed by atoms with Crippen molar-refractivity contribution in [3.05, 3.63) is 131 Å². The Morgan fingerprint density at radius 1 is 0.622 bits per heavy atom. The largest absolute Gasteiger partial charge is 0.399 e. The number of nitrogen functional groups attached to an aromatic ring is 1. The normalized spacial score (nSPS) is 12.4. The molecule has 0 unspecified atom stereocenters. The Balaban J connectivity index is 1.75. The summed E-state index contributed by atoms with van der Waals surface area (Å²) in [6.07, 6.45) is 2.04. The van der Waals surface area contributed by atoms with E-state index in [2.05, 4.69) is 31.2 Å². The zero-order chi connectivity index (χ0) is 25.5. The molecule has 0 atom stereocenters. The number of aryl methyl sites for hydroxylation is 1. The number of nitrogens with zero attached hydrogens (tertiary/aromatic N) is 1. The van der Waals surface area contributed by atoms with Gasteiger partial charge < -0.3 is 10.3 Å². The van der Waals surface area contributed by atoms with Gasteiger partial charge in [-0.2, -0.15) is 0 Å². The number of aromatic nitrogens is 1. The molecule has 1 aliphatic rings. The van der Waals surface area contributed by atoms with Crippen LogP contribution in [0.25, 0.3) is 28.1 Å². The summed E-state index contributed by atoms with van der Waals surface area (Å²) < 4.78 is 1.94. The van der Waals surface area contributed by atoms with Gasteiger partial charge in [-0.25, -0.2) is 0 Å². The van der Waals surface area contributed by atoms with Crippen LogP contribution in [-0.4, -0.2) is 16.1 Å². The van der Waals surface area contributed by atoms with Gasteiger partial charge in [0.15, 0.2) is 5.78 Å². The van der Waals surface area contributed by atoms with Crippen LogP contribution in [0, 0.1) is 0 Å². The smallest absolute Gasteiger partial charge is 0.211 e. The summed E-state index contributed by atoms with van der Waals surface area (Å²) in [6, 6.07) is 32.8. The molecular weight excluding hydrogens is 456 g/mol. The van der Waals surface area contributed by atoms with Gasteiger partial charge >= 0.3 is 0 Å². The lowest BCUT2D eigenvalue weighted by molar-refractivity contribution is 0.0975. The first-order valence-electron chi connectivity index (χ1n) is 12.6. The fraction of sp³-hybridized carbons (Fsp3) is 0.0909. The Bertz CT molecular complexity index is 1640. The highest BCUT2D eigenvalue weighted by atomic mass is 16.1. The zero-order valence-corrected chi connectivity index (χ0v) is 20.6. The summed E-state index contributed by atoms with van der Waals surface area (Å²) in [5.74, 6) is -0.294. The molecule has 0 spiro atoms. The average molecular weight is 483 g/mol. The van der Waals surface area contributed by atoms with Crippen molar-refractivity contribution in [2.75, 3.05) is 5.73 Å². The molecule has 1 aliphatic carbocycles. The minimum Gasteiger partial charge on any atom is -0.399 e. The highest BCUT2D eigenvalue weighted by Crippen LogP contribution is 2.45.